The monoisotopic (exact) mass is 277 g/mol. The van der Waals surface area contributed by atoms with Crippen molar-refractivity contribution in [2.24, 2.45) is 5.92 Å². The van der Waals surface area contributed by atoms with Gasteiger partial charge in [0, 0.05) is 12.4 Å². The van der Waals surface area contributed by atoms with E-state index in [0.717, 1.165) is 6.42 Å². The van der Waals surface area contributed by atoms with Gasteiger partial charge in [0.1, 0.15) is 0 Å². The zero-order valence-corrected chi connectivity index (χ0v) is 11.0. The first kappa shape index (κ1) is 14.3. The minimum atomic E-state index is -0.684. The Kier molecular flexibility index (Phi) is 5.72. The van der Waals surface area contributed by atoms with Gasteiger partial charge in [0.05, 0.1) is 10.6 Å². The molecule has 1 N–H and O–H groups in total. The van der Waals surface area contributed by atoms with Gasteiger partial charge in [0.2, 0.25) is 0 Å². The van der Waals surface area contributed by atoms with Crippen LogP contribution in [0.1, 0.15) is 23.7 Å². The van der Waals surface area contributed by atoms with Gasteiger partial charge in [-0.15, -0.1) is 11.6 Å². The number of hydrogen-bond donors (Lipinski definition) is 1. The van der Waals surface area contributed by atoms with Gasteiger partial charge in [0.15, 0.2) is 5.82 Å². The lowest BCUT2D eigenvalue weighted by Crippen LogP contribution is -2.29. The number of amides is 1. The third-order valence-corrected chi connectivity index (χ3v) is 2.92. The Hall–Kier alpha value is -0.800. The highest BCUT2D eigenvalue weighted by molar-refractivity contribution is 6.31. The Bertz CT molecular complexity index is 398. The molecule has 0 bridgehead atoms. The summed E-state index contributed by atoms with van der Waals surface area (Å²) >= 11 is 11.2. The van der Waals surface area contributed by atoms with Crippen LogP contribution >= 0.6 is 23.2 Å². The first-order valence-electron chi connectivity index (χ1n) is 5.34. The van der Waals surface area contributed by atoms with Gasteiger partial charge in [-0.3, -0.25) is 4.79 Å². The molecule has 1 rings (SSSR count). The lowest BCUT2D eigenvalue weighted by atomic mass is 10.1. The van der Waals surface area contributed by atoms with Crippen molar-refractivity contribution in [1.82, 2.24) is 5.32 Å². The number of carbonyl (C=O) groups is 1. The minimum absolute atomic E-state index is 0.0319. The zero-order valence-electron chi connectivity index (χ0n) is 9.47. The van der Waals surface area contributed by atoms with Crippen molar-refractivity contribution < 1.29 is 9.18 Å². The topological polar surface area (TPSA) is 29.1 Å². The Morgan fingerprint density at radius 1 is 1.53 bits per heavy atom. The molecule has 0 aliphatic carbocycles. The smallest absolute Gasteiger partial charge is 0.254 e. The van der Waals surface area contributed by atoms with Crippen LogP contribution in [0.4, 0.5) is 4.39 Å². The highest BCUT2D eigenvalue weighted by Crippen LogP contribution is 2.17. The molecule has 0 fully saturated rings. The maximum absolute atomic E-state index is 13.5. The van der Waals surface area contributed by atoms with Crippen LogP contribution < -0.4 is 5.32 Å². The molecule has 5 heteroatoms. The normalized spacial score (nSPS) is 12.2. The van der Waals surface area contributed by atoms with E-state index in [9.17, 15) is 9.18 Å². The van der Waals surface area contributed by atoms with Gasteiger partial charge in [-0.2, -0.15) is 0 Å². The van der Waals surface area contributed by atoms with Crippen LogP contribution in [0, 0.1) is 11.7 Å². The van der Waals surface area contributed by atoms with Crippen LogP contribution in [0.15, 0.2) is 18.2 Å². The van der Waals surface area contributed by atoms with Crippen molar-refractivity contribution in [3.8, 4) is 0 Å². The Balaban J connectivity index is 2.61. The van der Waals surface area contributed by atoms with E-state index in [0.29, 0.717) is 12.4 Å². The molecule has 1 unspecified atom stereocenters. The largest absolute Gasteiger partial charge is 0.352 e. The summed E-state index contributed by atoms with van der Waals surface area (Å²) in [4.78, 5) is 11.7. The Morgan fingerprint density at radius 2 is 2.24 bits per heavy atom. The third-order valence-electron chi connectivity index (χ3n) is 2.41. The quantitative estimate of drug-likeness (QED) is 0.821. The summed E-state index contributed by atoms with van der Waals surface area (Å²) in [5.41, 5.74) is -0.0319. The minimum Gasteiger partial charge on any atom is -0.352 e. The first-order chi connectivity index (χ1) is 8.06. The fourth-order valence-corrected chi connectivity index (χ4v) is 1.88. The Labute approximate surface area is 110 Å². The van der Waals surface area contributed by atoms with E-state index in [2.05, 4.69) is 5.32 Å². The second-order valence-corrected chi connectivity index (χ2v) is 4.68. The number of carbonyl (C=O) groups excluding carboxylic acids is 1. The van der Waals surface area contributed by atoms with Gasteiger partial charge in [0.25, 0.3) is 5.91 Å². The van der Waals surface area contributed by atoms with Crippen LogP contribution in [-0.4, -0.2) is 18.3 Å². The number of nitrogens with one attached hydrogen (secondary N) is 1. The number of benzene rings is 1. The molecular weight excluding hydrogens is 264 g/mol. The highest BCUT2D eigenvalue weighted by atomic mass is 35.5. The lowest BCUT2D eigenvalue weighted by Gasteiger charge is -2.11. The molecule has 0 aliphatic heterocycles. The molecule has 0 aliphatic rings. The van der Waals surface area contributed by atoms with Crippen molar-refractivity contribution in [2.75, 3.05) is 12.4 Å². The van der Waals surface area contributed by atoms with Crippen molar-refractivity contribution >= 4 is 29.1 Å². The molecule has 2 nitrogen and oxygen atoms in total. The van der Waals surface area contributed by atoms with Gasteiger partial charge in [-0.1, -0.05) is 24.6 Å². The van der Waals surface area contributed by atoms with E-state index in [1.54, 1.807) is 6.07 Å². The molecule has 17 heavy (non-hydrogen) atoms. The molecule has 1 atom stereocenters. The SMILES string of the molecule is CC(CCCl)CNC(=O)c1cccc(Cl)c1F. The third kappa shape index (κ3) is 4.17. The second kappa shape index (κ2) is 6.82. The number of rotatable bonds is 5. The molecule has 0 aromatic heterocycles. The van der Waals surface area contributed by atoms with Crippen LogP contribution in [0.3, 0.4) is 0 Å². The molecule has 0 saturated carbocycles. The summed E-state index contributed by atoms with van der Waals surface area (Å²) in [5, 5.41) is 2.61. The molecule has 0 spiro atoms. The fraction of sp³-hybridized carbons (Fsp3) is 0.417. The predicted molar refractivity (Wildman–Crippen MR) is 68.2 cm³/mol. The molecule has 94 valence electrons. The molecule has 1 amide bonds. The summed E-state index contributed by atoms with van der Waals surface area (Å²) in [6.07, 6.45) is 0.805. The Morgan fingerprint density at radius 3 is 2.88 bits per heavy atom. The van der Waals surface area contributed by atoms with Crippen LogP contribution in [0.5, 0.6) is 0 Å². The van der Waals surface area contributed by atoms with E-state index in [1.807, 2.05) is 6.92 Å². The summed E-state index contributed by atoms with van der Waals surface area (Å²) in [6.45, 7) is 2.44. The van der Waals surface area contributed by atoms with E-state index in [4.69, 9.17) is 23.2 Å². The van der Waals surface area contributed by atoms with Crippen molar-refractivity contribution in [3.05, 3.63) is 34.6 Å². The van der Waals surface area contributed by atoms with Crippen molar-refractivity contribution in [3.63, 3.8) is 0 Å². The molecule has 1 aromatic carbocycles. The van der Waals surface area contributed by atoms with Crippen molar-refractivity contribution in [1.29, 1.82) is 0 Å². The van der Waals surface area contributed by atoms with Gasteiger partial charge >= 0.3 is 0 Å². The molecule has 0 saturated heterocycles. The van der Waals surface area contributed by atoms with E-state index in [-0.39, 0.29) is 16.5 Å². The van der Waals surface area contributed by atoms with Crippen LogP contribution in [0.25, 0.3) is 0 Å². The van der Waals surface area contributed by atoms with Crippen LogP contribution in [0.2, 0.25) is 5.02 Å². The van der Waals surface area contributed by atoms with Gasteiger partial charge in [-0.25, -0.2) is 4.39 Å². The van der Waals surface area contributed by atoms with E-state index in [1.165, 1.54) is 12.1 Å². The summed E-state index contributed by atoms with van der Waals surface area (Å²) in [7, 11) is 0. The standard InChI is InChI=1S/C12H14Cl2FNO/c1-8(5-6-13)7-16-12(17)9-3-2-4-10(14)11(9)15/h2-4,8H,5-7H2,1H3,(H,16,17). The predicted octanol–water partition coefficient (Wildman–Crippen LogP) is 3.47. The maximum atomic E-state index is 13.5. The molecule has 0 radical (unpaired) electrons. The zero-order chi connectivity index (χ0) is 12.8. The van der Waals surface area contributed by atoms with Gasteiger partial charge < -0.3 is 5.32 Å². The van der Waals surface area contributed by atoms with Gasteiger partial charge in [-0.05, 0) is 24.5 Å². The average Bonchev–Trinajstić information content (AvgIpc) is 2.30. The molecule has 0 heterocycles. The van der Waals surface area contributed by atoms with E-state index < -0.39 is 11.7 Å². The summed E-state index contributed by atoms with van der Waals surface area (Å²) < 4.78 is 13.5. The molecular formula is C12H14Cl2FNO. The maximum Gasteiger partial charge on any atom is 0.254 e. The summed E-state index contributed by atoms with van der Waals surface area (Å²) in [6, 6.07) is 4.36. The average molecular weight is 278 g/mol. The summed E-state index contributed by atoms with van der Waals surface area (Å²) in [5.74, 6) is -0.329. The van der Waals surface area contributed by atoms with Crippen LogP contribution in [-0.2, 0) is 0 Å². The first-order valence-corrected chi connectivity index (χ1v) is 6.25. The number of hydrogen-bond acceptors (Lipinski definition) is 1. The van der Waals surface area contributed by atoms with Crippen molar-refractivity contribution in [2.45, 2.75) is 13.3 Å². The number of halogens is 3. The second-order valence-electron chi connectivity index (χ2n) is 3.89. The molecule has 1 aromatic rings. The number of alkyl halides is 1. The highest BCUT2D eigenvalue weighted by Gasteiger charge is 2.14. The lowest BCUT2D eigenvalue weighted by molar-refractivity contribution is 0.0944. The fourth-order valence-electron chi connectivity index (χ4n) is 1.33. The van der Waals surface area contributed by atoms with E-state index >= 15 is 0 Å².